The molecule has 2 heterocycles. The Morgan fingerprint density at radius 2 is 2.29 bits per heavy atom. The Kier molecular flexibility index (Phi) is 1.54. The Bertz CT molecular complexity index is 441. The Morgan fingerprint density at radius 3 is 2.93 bits per heavy atom. The van der Waals surface area contributed by atoms with Gasteiger partial charge in [-0.25, -0.2) is 9.97 Å². The monoisotopic (exact) mass is 206 g/mol. The van der Waals surface area contributed by atoms with Gasteiger partial charge in [-0.3, -0.25) is 0 Å². The van der Waals surface area contributed by atoms with Crippen LogP contribution in [0.5, 0.6) is 0 Å². The van der Waals surface area contributed by atoms with Gasteiger partial charge in [0.1, 0.15) is 10.8 Å². The summed E-state index contributed by atoms with van der Waals surface area (Å²) < 4.78 is 0. The summed E-state index contributed by atoms with van der Waals surface area (Å²) in [7, 11) is 0. The van der Waals surface area contributed by atoms with E-state index in [2.05, 4.69) is 15.0 Å². The lowest BCUT2D eigenvalue weighted by Crippen LogP contribution is -2.20. The zero-order chi connectivity index (χ0) is 9.60. The molecule has 1 saturated carbocycles. The lowest BCUT2D eigenvalue weighted by atomic mass is 10.3. The Labute approximate surface area is 85.2 Å². The lowest BCUT2D eigenvalue weighted by Gasteiger charge is -2.01. The van der Waals surface area contributed by atoms with Gasteiger partial charge in [-0.05, 0) is 12.8 Å². The summed E-state index contributed by atoms with van der Waals surface area (Å²) in [5, 5.41) is 2.92. The van der Waals surface area contributed by atoms with E-state index in [-0.39, 0.29) is 5.54 Å². The molecule has 1 fully saturated rings. The van der Waals surface area contributed by atoms with Crippen molar-refractivity contribution in [2.24, 2.45) is 5.73 Å². The van der Waals surface area contributed by atoms with Crippen molar-refractivity contribution in [3.63, 3.8) is 0 Å². The molecule has 0 bridgehead atoms. The van der Waals surface area contributed by atoms with Crippen molar-refractivity contribution in [1.29, 1.82) is 0 Å². The van der Waals surface area contributed by atoms with Crippen LogP contribution in [-0.4, -0.2) is 15.0 Å². The highest BCUT2D eigenvalue weighted by molar-refractivity contribution is 7.13. The van der Waals surface area contributed by atoms with Gasteiger partial charge in [0.2, 0.25) is 0 Å². The van der Waals surface area contributed by atoms with E-state index in [0.717, 1.165) is 29.4 Å². The second-order valence-electron chi connectivity index (χ2n) is 3.64. The quantitative estimate of drug-likeness (QED) is 0.782. The topological polar surface area (TPSA) is 67.6 Å². The number of nitrogens with one attached hydrogen (secondary N) is 1. The minimum absolute atomic E-state index is 0.185. The van der Waals surface area contributed by atoms with E-state index in [0.29, 0.717) is 0 Å². The normalized spacial score (nSPS) is 18.4. The van der Waals surface area contributed by atoms with Gasteiger partial charge in [0.05, 0.1) is 17.4 Å². The van der Waals surface area contributed by atoms with Crippen LogP contribution in [0.4, 0.5) is 0 Å². The largest absolute Gasteiger partial charge is 0.338 e. The van der Waals surface area contributed by atoms with Gasteiger partial charge in [0.25, 0.3) is 0 Å². The van der Waals surface area contributed by atoms with Gasteiger partial charge in [0.15, 0.2) is 0 Å². The molecular weight excluding hydrogens is 196 g/mol. The molecule has 1 aliphatic rings. The van der Waals surface area contributed by atoms with Gasteiger partial charge in [-0.1, -0.05) is 0 Å². The maximum atomic E-state index is 6.02. The van der Waals surface area contributed by atoms with Gasteiger partial charge in [0, 0.05) is 11.6 Å². The van der Waals surface area contributed by atoms with E-state index in [1.807, 2.05) is 5.38 Å². The molecule has 14 heavy (non-hydrogen) atoms. The van der Waals surface area contributed by atoms with E-state index >= 15 is 0 Å². The van der Waals surface area contributed by atoms with Crippen molar-refractivity contribution in [2.45, 2.75) is 18.4 Å². The summed E-state index contributed by atoms with van der Waals surface area (Å²) in [6.07, 6.45) is 5.65. The molecule has 0 radical (unpaired) electrons. The fourth-order valence-corrected chi connectivity index (χ4v) is 2.01. The number of hydrogen-bond acceptors (Lipinski definition) is 4. The summed E-state index contributed by atoms with van der Waals surface area (Å²) in [5.41, 5.74) is 6.80. The highest BCUT2D eigenvalue weighted by Crippen LogP contribution is 2.41. The van der Waals surface area contributed by atoms with Crippen molar-refractivity contribution in [1.82, 2.24) is 15.0 Å². The molecule has 2 aromatic rings. The third kappa shape index (κ3) is 1.17. The van der Waals surface area contributed by atoms with E-state index in [9.17, 15) is 0 Å². The molecule has 4 nitrogen and oxygen atoms in total. The number of aromatic nitrogens is 3. The van der Waals surface area contributed by atoms with Crippen LogP contribution in [0.1, 0.15) is 18.7 Å². The van der Waals surface area contributed by atoms with E-state index in [4.69, 9.17) is 5.73 Å². The average Bonchev–Trinajstić information content (AvgIpc) is 2.73. The lowest BCUT2D eigenvalue weighted by molar-refractivity contribution is 0.685. The van der Waals surface area contributed by atoms with Gasteiger partial charge in [-0.2, -0.15) is 0 Å². The number of nitrogens with zero attached hydrogens (tertiary/aromatic N) is 2. The van der Waals surface area contributed by atoms with E-state index in [1.165, 1.54) is 0 Å². The van der Waals surface area contributed by atoms with E-state index < -0.39 is 0 Å². The fraction of sp³-hybridized carbons (Fsp3) is 0.333. The second kappa shape index (κ2) is 2.65. The highest BCUT2D eigenvalue weighted by Gasteiger charge is 2.42. The summed E-state index contributed by atoms with van der Waals surface area (Å²) >= 11 is 1.60. The predicted octanol–water partition coefficient (Wildman–Crippen LogP) is 1.48. The van der Waals surface area contributed by atoms with Crippen molar-refractivity contribution in [2.75, 3.05) is 0 Å². The number of rotatable bonds is 2. The smallest absolute Gasteiger partial charge is 0.141 e. The van der Waals surface area contributed by atoms with Gasteiger partial charge < -0.3 is 10.7 Å². The van der Waals surface area contributed by atoms with Crippen molar-refractivity contribution < 1.29 is 0 Å². The van der Waals surface area contributed by atoms with Crippen molar-refractivity contribution in [3.05, 3.63) is 23.6 Å². The molecule has 2 aromatic heterocycles. The first kappa shape index (κ1) is 8.14. The Balaban J connectivity index is 1.98. The second-order valence-corrected chi connectivity index (χ2v) is 4.53. The van der Waals surface area contributed by atoms with Gasteiger partial charge in [-0.15, -0.1) is 11.3 Å². The molecule has 0 spiro atoms. The number of nitrogens with two attached hydrogens (primary N) is 1. The molecule has 5 heteroatoms. The fourth-order valence-electron chi connectivity index (χ4n) is 1.41. The van der Waals surface area contributed by atoms with Crippen LogP contribution in [0, 0.1) is 0 Å². The summed E-state index contributed by atoms with van der Waals surface area (Å²) in [6.45, 7) is 0. The molecule has 3 rings (SSSR count). The molecule has 0 aromatic carbocycles. The van der Waals surface area contributed by atoms with Crippen LogP contribution >= 0.6 is 11.3 Å². The SMILES string of the molecule is NC1(c2ncc(-c3nccs3)[nH]2)CC1. The minimum Gasteiger partial charge on any atom is -0.338 e. The van der Waals surface area contributed by atoms with E-state index in [1.54, 1.807) is 23.7 Å². The molecule has 72 valence electrons. The van der Waals surface area contributed by atoms with Crippen LogP contribution in [0.25, 0.3) is 10.7 Å². The molecule has 0 aliphatic heterocycles. The summed E-state index contributed by atoms with van der Waals surface area (Å²) in [5.74, 6) is 0.891. The average molecular weight is 206 g/mol. The third-order valence-electron chi connectivity index (χ3n) is 2.50. The molecular formula is C9H10N4S. The van der Waals surface area contributed by atoms with Crippen LogP contribution in [0.3, 0.4) is 0 Å². The molecule has 0 atom stereocenters. The number of H-pyrrole nitrogens is 1. The van der Waals surface area contributed by atoms with Crippen LogP contribution in [0.15, 0.2) is 17.8 Å². The zero-order valence-electron chi connectivity index (χ0n) is 7.53. The first-order chi connectivity index (χ1) is 6.78. The third-order valence-corrected chi connectivity index (χ3v) is 3.31. The Hall–Kier alpha value is -1.20. The van der Waals surface area contributed by atoms with Crippen LogP contribution < -0.4 is 5.73 Å². The number of imidazole rings is 1. The Morgan fingerprint density at radius 1 is 1.43 bits per heavy atom. The maximum Gasteiger partial charge on any atom is 0.141 e. The molecule has 0 amide bonds. The maximum absolute atomic E-state index is 6.02. The van der Waals surface area contributed by atoms with Crippen LogP contribution in [-0.2, 0) is 5.54 Å². The summed E-state index contributed by atoms with van der Waals surface area (Å²) in [4.78, 5) is 11.7. The minimum atomic E-state index is -0.185. The number of hydrogen-bond donors (Lipinski definition) is 2. The summed E-state index contributed by atoms with van der Waals surface area (Å²) in [6, 6.07) is 0. The number of thiazole rings is 1. The van der Waals surface area contributed by atoms with Crippen LogP contribution in [0.2, 0.25) is 0 Å². The van der Waals surface area contributed by atoms with Gasteiger partial charge >= 0.3 is 0 Å². The molecule has 0 unspecified atom stereocenters. The number of aromatic amines is 1. The molecule has 3 N–H and O–H groups in total. The standard InChI is InChI=1S/C9H10N4S/c10-9(1-2-9)8-12-5-6(13-8)7-11-3-4-14-7/h3-5H,1-2,10H2,(H,12,13). The van der Waals surface area contributed by atoms with Crippen molar-refractivity contribution in [3.8, 4) is 10.7 Å². The highest BCUT2D eigenvalue weighted by atomic mass is 32.1. The first-order valence-corrected chi connectivity index (χ1v) is 5.40. The zero-order valence-corrected chi connectivity index (χ0v) is 8.34. The predicted molar refractivity (Wildman–Crippen MR) is 54.8 cm³/mol. The van der Waals surface area contributed by atoms with Crippen molar-refractivity contribution >= 4 is 11.3 Å². The first-order valence-electron chi connectivity index (χ1n) is 4.52. The molecule has 1 aliphatic carbocycles. The molecule has 0 saturated heterocycles.